The number of thioether (sulfide) groups is 1. The average molecular weight is 414 g/mol. The van der Waals surface area contributed by atoms with Gasteiger partial charge in [0, 0.05) is 16.6 Å². The quantitative estimate of drug-likeness (QED) is 0.713. The van der Waals surface area contributed by atoms with E-state index in [1.165, 1.54) is 30.6 Å². The number of hydrogen-bond donors (Lipinski definition) is 2. The summed E-state index contributed by atoms with van der Waals surface area (Å²) < 4.78 is 37.3. The highest BCUT2D eigenvalue weighted by Gasteiger charge is 2.29. The molecule has 2 rings (SSSR count). The molecule has 1 amide bonds. The van der Waals surface area contributed by atoms with Crippen LogP contribution in [-0.4, -0.2) is 26.9 Å². The van der Waals surface area contributed by atoms with Crippen molar-refractivity contribution in [3.63, 3.8) is 0 Å². The van der Waals surface area contributed by atoms with Gasteiger partial charge in [0.15, 0.2) is 0 Å². The van der Waals surface area contributed by atoms with Gasteiger partial charge in [0.05, 0.1) is 17.9 Å². The molecule has 28 heavy (non-hydrogen) atoms. The molecule has 3 N–H and O–H groups in total. The van der Waals surface area contributed by atoms with Gasteiger partial charge in [-0.1, -0.05) is 12.1 Å². The fourth-order valence-corrected chi connectivity index (χ4v) is 2.52. The lowest BCUT2D eigenvalue weighted by Gasteiger charge is -2.15. The van der Waals surface area contributed by atoms with Crippen LogP contribution in [-0.2, 0) is 0 Å². The molecule has 0 fully saturated rings. The van der Waals surface area contributed by atoms with Crippen molar-refractivity contribution < 1.29 is 18.0 Å². The minimum atomic E-state index is -4.34. The van der Waals surface area contributed by atoms with Gasteiger partial charge in [0.1, 0.15) is 5.69 Å². The van der Waals surface area contributed by atoms with Gasteiger partial charge in [-0.15, -0.1) is 0 Å². The number of nitrogens with two attached hydrogens (primary N) is 1. The Morgan fingerprint density at radius 2 is 1.82 bits per heavy atom. The second kappa shape index (κ2) is 9.88. The lowest BCUT2D eigenvalue weighted by atomic mass is 10.1. The van der Waals surface area contributed by atoms with Crippen LogP contribution in [0.4, 0.5) is 13.2 Å². The number of halogens is 3. The first-order valence-electron chi connectivity index (χ1n) is 8.49. The maximum atomic E-state index is 12.4. The number of carbonyl (C=O) groups is 1. The smallest absolute Gasteiger partial charge is 0.344 e. The zero-order chi connectivity index (χ0) is 21.5. The molecule has 1 heterocycles. The molecular weight excluding hydrogens is 389 g/mol. The fraction of sp³-hybridized carbons (Fsp3) is 0.421. The summed E-state index contributed by atoms with van der Waals surface area (Å²) in [6.45, 7) is 9.30. The van der Waals surface area contributed by atoms with E-state index in [-0.39, 0.29) is 27.9 Å². The Balaban J connectivity index is 0.000000696. The maximum absolute atomic E-state index is 12.4. The number of nitrogens with one attached hydrogen (secondary N) is 1. The van der Waals surface area contributed by atoms with E-state index in [0.29, 0.717) is 11.3 Å². The summed E-state index contributed by atoms with van der Waals surface area (Å²) in [7, 11) is 0. The van der Waals surface area contributed by atoms with Gasteiger partial charge in [-0.2, -0.15) is 13.2 Å². The van der Waals surface area contributed by atoms with E-state index in [9.17, 15) is 18.0 Å². The Hall–Kier alpha value is -2.13. The summed E-state index contributed by atoms with van der Waals surface area (Å²) in [5.41, 5.74) is 2.36. The number of alkyl halides is 3. The van der Waals surface area contributed by atoms with Crippen LogP contribution in [0.15, 0.2) is 41.6 Å². The molecule has 0 spiro atoms. The minimum Gasteiger partial charge on any atom is -0.344 e. The molecule has 1 aromatic heterocycles. The Bertz CT molecular complexity index is 785. The highest BCUT2D eigenvalue weighted by atomic mass is 32.2. The van der Waals surface area contributed by atoms with Crippen LogP contribution in [0.3, 0.4) is 0 Å². The standard InChI is InChI=1S/C15H14F3N3OS.C4H11N/c1-9-7-19-8-13(20-9)14(22)21-10(2)11-4-3-5-12(6-11)23-15(16,17)18;1-4(2,3)5/h3-8,10H,1-2H3,(H,21,22);5H2,1-3H3. The number of hydrogen-bond acceptors (Lipinski definition) is 5. The number of aromatic nitrogens is 2. The summed E-state index contributed by atoms with van der Waals surface area (Å²) in [4.78, 5) is 20.1. The van der Waals surface area contributed by atoms with Crippen LogP contribution in [0.2, 0.25) is 0 Å². The van der Waals surface area contributed by atoms with E-state index in [2.05, 4.69) is 15.3 Å². The fourth-order valence-electron chi connectivity index (χ4n) is 1.91. The monoisotopic (exact) mass is 414 g/mol. The molecule has 0 saturated heterocycles. The molecule has 0 bridgehead atoms. The molecule has 2 aromatic rings. The Labute approximate surface area is 167 Å². The van der Waals surface area contributed by atoms with Crippen LogP contribution < -0.4 is 11.1 Å². The zero-order valence-electron chi connectivity index (χ0n) is 16.5. The first kappa shape index (κ1) is 23.9. The Morgan fingerprint density at radius 1 is 1.21 bits per heavy atom. The summed E-state index contributed by atoms with van der Waals surface area (Å²) in [6, 6.07) is 5.51. The normalized spacial score (nSPS) is 12.6. The van der Waals surface area contributed by atoms with Crippen molar-refractivity contribution >= 4 is 17.7 Å². The van der Waals surface area contributed by atoms with Crippen LogP contribution in [0, 0.1) is 6.92 Å². The van der Waals surface area contributed by atoms with Crippen LogP contribution in [0.25, 0.3) is 0 Å². The van der Waals surface area contributed by atoms with Crippen molar-refractivity contribution in [1.29, 1.82) is 0 Å². The number of amides is 1. The third-order valence-electron chi connectivity index (χ3n) is 2.93. The zero-order valence-corrected chi connectivity index (χ0v) is 17.3. The SMILES string of the molecule is CC(C)(C)N.Cc1cncc(C(=O)NC(C)c2cccc(SC(F)(F)F)c2)n1. The van der Waals surface area contributed by atoms with Crippen molar-refractivity contribution in [2.24, 2.45) is 5.73 Å². The average Bonchev–Trinajstić information content (AvgIpc) is 2.52. The van der Waals surface area contributed by atoms with E-state index in [4.69, 9.17) is 5.73 Å². The molecule has 1 atom stereocenters. The lowest BCUT2D eigenvalue weighted by Crippen LogP contribution is -2.27. The van der Waals surface area contributed by atoms with E-state index in [0.717, 1.165) is 0 Å². The van der Waals surface area contributed by atoms with E-state index >= 15 is 0 Å². The molecule has 1 unspecified atom stereocenters. The van der Waals surface area contributed by atoms with Gasteiger partial charge < -0.3 is 11.1 Å². The number of aryl methyl sites for hydroxylation is 1. The summed E-state index contributed by atoms with van der Waals surface area (Å²) >= 11 is -0.186. The second-order valence-corrected chi connectivity index (χ2v) is 8.37. The minimum absolute atomic E-state index is 0. The van der Waals surface area contributed by atoms with Gasteiger partial charge in [0.25, 0.3) is 5.91 Å². The topological polar surface area (TPSA) is 80.9 Å². The van der Waals surface area contributed by atoms with Crippen LogP contribution in [0.1, 0.15) is 55.5 Å². The molecule has 0 aliphatic carbocycles. The molecule has 5 nitrogen and oxygen atoms in total. The lowest BCUT2D eigenvalue weighted by molar-refractivity contribution is -0.0328. The van der Waals surface area contributed by atoms with Gasteiger partial charge >= 0.3 is 5.51 Å². The highest BCUT2D eigenvalue weighted by Crippen LogP contribution is 2.37. The third kappa shape index (κ3) is 10.3. The predicted octanol–water partition coefficient (Wildman–Crippen LogP) is 4.63. The van der Waals surface area contributed by atoms with Gasteiger partial charge in [-0.25, -0.2) is 4.98 Å². The van der Waals surface area contributed by atoms with E-state index < -0.39 is 17.5 Å². The molecule has 0 aliphatic heterocycles. The number of nitrogens with zero attached hydrogens (tertiary/aromatic N) is 2. The summed E-state index contributed by atoms with van der Waals surface area (Å²) in [5.74, 6) is -0.428. The van der Waals surface area contributed by atoms with Crippen molar-refractivity contribution in [3.8, 4) is 0 Å². The van der Waals surface area contributed by atoms with Crippen molar-refractivity contribution in [1.82, 2.24) is 15.3 Å². The van der Waals surface area contributed by atoms with Crippen LogP contribution in [0.5, 0.6) is 0 Å². The van der Waals surface area contributed by atoms with E-state index in [1.807, 2.05) is 20.8 Å². The number of benzene rings is 1. The molecule has 1 aromatic carbocycles. The molecule has 154 valence electrons. The van der Waals surface area contributed by atoms with Crippen LogP contribution >= 0.6 is 11.8 Å². The molecular formula is C19H25F3N4OS. The van der Waals surface area contributed by atoms with Gasteiger partial charge in [-0.3, -0.25) is 9.78 Å². The first-order chi connectivity index (χ1) is 12.7. The van der Waals surface area contributed by atoms with Crippen molar-refractivity contribution in [3.05, 3.63) is 53.6 Å². The molecule has 9 heteroatoms. The van der Waals surface area contributed by atoms with Crippen molar-refractivity contribution in [2.45, 2.75) is 56.6 Å². The summed E-state index contributed by atoms with van der Waals surface area (Å²) in [5, 5.41) is 2.70. The Morgan fingerprint density at radius 3 is 2.36 bits per heavy atom. The third-order valence-corrected chi connectivity index (χ3v) is 3.65. The maximum Gasteiger partial charge on any atom is 0.446 e. The summed E-state index contributed by atoms with van der Waals surface area (Å²) in [6.07, 6.45) is 2.86. The predicted molar refractivity (Wildman–Crippen MR) is 105 cm³/mol. The molecule has 0 saturated carbocycles. The Kier molecular flexibility index (Phi) is 8.44. The highest BCUT2D eigenvalue weighted by molar-refractivity contribution is 8.00. The van der Waals surface area contributed by atoms with E-state index in [1.54, 1.807) is 19.9 Å². The molecule has 0 aliphatic rings. The van der Waals surface area contributed by atoms with Gasteiger partial charge in [0.2, 0.25) is 0 Å². The number of carbonyl (C=O) groups excluding carboxylic acids is 1. The first-order valence-corrected chi connectivity index (χ1v) is 9.30. The van der Waals surface area contributed by atoms with Crippen molar-refractivity contribution in [2.75, 3.05) is 0 Å². The number of rotatable bonds is 4. The van der Waals surface area contributed by atoms with Gasteiger partial charge in [-0.05, 0) is 64.1 Å². The molecule has 0 radical (unpaired) electrons. The second-order valence-electron chi connectivity index (χ2n) is 7.23. The largest absolute Gasteiger partial charge is 0.446 e.